The SMILES string of the molecule is CC(C)Oc1ccccc1NC(=O)[C@@H](C)Oc1ccc(N(C)S(C)(=O)=O)cc1. The van der Waals surface area contributed by atoms with Gasteiger partial charge in [-0.2, -0.15) is 0 Å². The first-order chi connectivity index (χ1) is 13.1. The van der Waals surface area contributed by atoms with Gasteiger partial charge in [0.1, 0.15) is 11.5 Å². The van der Waals surface area contributed by atoms with Crippen LogP contribution in [0.4, 0.5) is 11.4 Å². The number of para-hydroxylation sites is 2. The Morgan fingerprint density at radius 1 is 1.00 bits per heavy atom. The lowest BCUT2D eigenvalue weighted by Gasteiger charge is -2.19. The van der Waals surface area contributed by atoms with E-state index in [1.807, 2.05) is 26.0 Å². The van der Waals surface area contributed by atoms with Gasteiger partial charge < -0.3 is 14.8 Å². The molecular weight excluding hydrogens is 380 g/mol. The van der Waals surface area contributed by atoms with Crippen LogP contribution in [0.15, 0.2) is 48.5 Å². The summed E-state index contributed by atoms with van der Waals surface area (Å²) in [5.41, 5.74) is 1.08. The van der Waals surface area contributed by atoms with E-state index < -0.39 is 16.1 Å². The largest absolute Gasteiger partial charge is 0.489 e. The third-order valence-corrected chi connectivity index (χ3v) is 5.09. The molecule has 7 nitrogen and oxygen atoms in total. The van der Waals surface area contributed by atoms with Gasteiger partial charge in [-0.25, -0.2) is 8.42 Å². The molecule has 1 amide bonds. The third-order valence-electron chi connectivity index (χ3n) is 3.89. The zero-order chi connectivity index (χ0) is 20.9. The number of anilines is 2. The molecule has 2 aromatic rings. The van der Waals surface area contributed by atoms with Crippen molar-refractivity contribution in [3.63, 3.8) is 0 Å². The standard InChI is InChI=1S/C20H26N2O5S/c1-14(2)26-19-9-7-6-8-18(19)21-20(23)15(3)27-17-12-10-16(11-13-17)22(4)28(5,24)25/h6-15H,1-5H3,(H,21,23)/t15-/m1/s1. The van der Waals surface area contributed by atoms with Gasteiger partial charge in [0.2, 0.25) is 10.0 Å². The molecule has 0 radical (unpaired) electrons. The van der Waals surface area contributed by atoms with Crippen LogP contribution >= 0.6 is 0 Å². The number of sulfonamides is 1. The highest BCUT2D eigenvalue weighted by Crippen LogP contribution is 2.26. The van der Waals surface area contributed by atoms with Crippen LogP contribution in [0.25, 0.3) is 0 Å². The van der Waals surface area contributed by atoms with Crippen LogP contribution in [0.5, 0.6) is 11.5 Å². The molecule has 0 spiro atoms. The fourth-order valence-corrected chi connectivity index (χ4v) is 2.85. The smallest absolute Gasteiger partial charge is 0.265 e. The lowest BCUT2D eigenvalue weighted by atomic mass is 10.2. The summed E-state index contributed by atoms with van der Waals surface area (Å²) >= 11 is 0. The Bertz CT molecular complexity index is 910. The Morgan fingerprint density at radius 3 is 2.18 bits per heavy atom. The van der Waals surface area contributed by atoms with E-state index >= 15 is 0 Å². The first-order valence-electron chi connectivity index (χ1n) is 8.85. The molecule has 28 heavy (non-hydrogen) atoms. The van der Waals surface area contributed by atoms with E-state index in [2.05, 4.69) is 5.32 Å². The molecule has 8 heteroatoms. The fraction of sp³-hybridized carbons (Fsp3) is 0.350. The Balaban J connectivity index is 2.03. The average Bonchev–Trinajstić information content (AvgIpc) is 2.62. The Morgan fingerprint density at radius 2 is 1.61 bits per heavy atom. The molecule has 0 fully saturated rings. The first-order valence-corrected chi connectivity index (χ1v) is 10.7. The summed E-state index contributed by atoms with van der Waals surface area (Å²) in [6.45, 7) is 5.46. The second kappa shape index (κ2) is 8.97. The highest BCUT2D eigenvalue weighted by atomic mass is 32.2. The molecule has 1 N–H and O–H groups in total. The van der Waals surface area contributed by atoms with Gasteiger partial charge in [0.05, 0.1) is 23.7 Å². The Kier molecular flexibility index (Phi) is 6.90. The Labute approximate surface area is 166 Å². The number of benzene rings is 2. The number of carbonyl (C=O) groups is 1. The van der Waals surface area contributed by atoms with E-state index in [0.29, 0.717) is 22.9 Å². The molecule has 0 saturated carbocycles. The fourth-order valence-electron chi connectivity index (χ4n) is 2.34. The van der Waals surface area contributed by atoms with Crippen molar-refractivity contribution >= 4 is 27.3 Å². The average molecular weight is 407 g/mol. The molecule has 0 saturated heterocycles. The molecular formula is C20H26N2O5S. The van der Waals surface area contributed by atoms with Crippen molar-refractivity contribution in [3.8, 4) is 11.5 Å². The molecule has 0 aliphatic rings. The monoisotopic (exact) mass is 406 g/mol. The highest BCUT2D eigenvalue weighted by Gasteiger charge is 2.18. The molecule has 0 heterocycles. The zero-order valence-corrected chi connectivity index (χ0v) is 17.5. The van der Waals surface area contributed by atoms with E-state index in [0.717, 1.165) is 6.26 Å². The van der Waals surface area contributed by atoms with Crippen LogP contribution in [0, 0.1) is 0 Å². The quantitative estimate of drug-likeness (QED) is 0.727. The second-order valence-corrected chi connectivity index (χ2v) is 8.65. The molecule has 0 bridgehead atoms. The van der Waals surface area contributed by atoms with Crippen LogP contribution in [-0.4, -0.2) is 39.8 Å². The summed E-state index contributed by atoms with van der Waals surface area (Å²) in [7, 11) is -1.87. The Hall–Kier alpha value is -2.74. The van der Waals surface area contributed by atoms with Gasteiger partial charge in [0, 0.05) is 7.05 Å². The van der Waals surface area contributed by atoms with Crippen molar-refractivity contribution in [1.82, 2.24) is 0 Å². The zero-order valence-electron chi connectivity index (χ0n) is 16.7. The first kappa shape index (κ1) is 21.6. The van der Waals surface area contributed by atoms with Crippen LogP contribution in [0.1, 0.15) is 20.8 Å². The maximum absolute atomic E-state index is 12.5. The van der Waals surface area contributed by atoms with Gasteiger partial charge in [0.15, 0.2) is 6.10 Å². The van der Waals surface area contributed by atoms with Gasteiger partial charge >= 0.3 is 0 Å². The van der Waals surface area contributed by atoms with Crippen LogP contribution in [-0.2, 0) is 14.8 Å². The highest BCUT2D eigenvalue weighted by molar-refractivity contribution is 7.92. The summed E-state index contributed by atoms with van der Waals surface area (Å²) in [5.74, 6) is 0.725. The lowest BCUT2D eigenvalue weighted by Crippen LogP contribution is -2.30. The molecule has 0 unspecified atom stereocenters. The van der Waals surface area contributed by atoms with Gasteiger partial charge in [-0.3, -0.25) is 9.10 Å². The number of nitrogens with zero attached hydrogens (tertiary/aromatic N) is 1. The van der Waals surface area contributed by atoms with Crippen LogP contribution in [0.2, 0.25) is 0 Å². The maximum Gasteiger partial charge on any atom is 0.265 e. The van der Waals surface area contributed by atoms with Gasteiger partial charge in [-0.15, -0.1) is 0 Å². The summed E-state index contributed by atoms with van der Waals surface area (Å²) in [6.07, 6.45) is 0.353. The molecule has 0 aliphatic carbocycles. The predicted molar refractivity (Wildman–Crippen MR) is 111 cm³/mol. The number of ether oxygens (including phenoxy) is 2. The summed E-state index contributed by atoms with van der Waals surface area (Å²) in [6, 6.07) is 13.7. The molecule has 1 atom stereocenters. The van der Waals surface area contributed by atoms with Gasteiger partial charge in [-0.05, 0) is 57.2 Å². The van der Waals surface area contributed by atoms with Crippen molar-refractivity contribution < 1.29 is 22.7 Å². The summed E-state index contributed by atoms with van der Waals surface area (Å²) in [5, 5.41) is 2.81. The van der Waals surface area contributed by atoms with E-state index in [-0.39, 0.29) is 12.0 Å². The molecule has 0 aromatic heterocycles. The number of carbonyl (C=O) groups excluding carboxylic acids is 1. The van der Waals surface area contributed by atoms with Crippen molar-refractivity contribution in [2.75, 3.05) is 22.9 Å². The predicted octanol–water partition coefficient (Wildman–Crippen LogP) is 3.28. The van der Waals surface area contributed by atoms with Crippen molar-refractivity contribution in [3.05, 3.63) is 48.5 Å². The van der Waals surface area contributed by atoms with E-state index in [9.17, 15) is 13.2 Å². The minimum absolute atomic E-state index is 0.0182. The minimum atomic E-state index is -3.34. The normalized spacial score (nSPS) is 12.4. The maximum atomic E-state index is 12.5. The van der Waals surface area contributed by atoms with Gasteiger partial charge in [-0.1, -0.05) is 12.1 Å². The number of rotatable bonds is 8. The summed E-state index contributed by atoms with van der Waals surface area (Å²) in [4.78, 5) is 12.5. The molecule has 2 aromatic carbocycles. The van der Waals surface area contributed by atoms with E-state index in [1.165, 1.54) is 11.4 Å². The lowest BCUT2D eigenvalue weighted by molar-refractivity contribution is -0.122. The van der Waals surface area contributed by atoms with Crippen molar-refractivity contribution in [2.24, 2.45) is 0 Å². The van der Waals surface area contributed by atoms with Gasteiger partial charge in [0.25, 0.3) is 5.91 Å². The number of nitrogens with one attached hydrogen (secondary N) is 1. The number of amides is 1. The van der Waals surface area contributed by atoms with E-state index in [1.54, 1.807) is 43.3 Å². The topological polar surface area (TPSA) is 84.9 Å². The van der Waals surface area contributed by atoms with Crippen molar-refractivity contribution in [2.45, 2.75) is 33.0 Å². The van der Waals surface area contributed by atoms with Crippen LogP contribution < -0.4 is 19.1 Å². The number of hydrogen-bond donors (Lipinski definition) is 1. The van der Waals surface area contributed by atoms with Crippen molar-refractivity contribution in [1.29, 1.82) is 0 Å². The second-order valence-electron chi connectivity index (χ2n) is 6.64. The van der Waals surface area contributed by atoms with Crippen LogP contribution in [0.3, 0.4) is 0 Å². The number of hydrogen-bond acceptors (Lipinski definition) is 5. The van der Waals surface area contributed by atoms with E-state index in [4.69, 9.17) is 9.47 Å². The molecule has 152 valence electrons. The summed E-state index contributed by atoms with van der Waals surface area (Å²) < 4.78 is 35.7. The molecule has 0 aliphatic heterocycles. The molecule has 2 rings (SSSR count). The minimum Gasteiger partial charge on any atom is -0.489 e. The third kappa shape index (κ3) is 5.88.